The molecule has 3 heterocycles. The Hall–Kier alpha value is -2.42. The number of fused-ring (bicyclic) bond motifs is 1. The standard InChI is InChI=1S/C17H22N4O4S/c1-17(2,3)25-16(23)20-10-7-12-11(15(22)24-4)8-19-13(21(12)9-10)14-18-5-6-26-14/h5-6,10H,7-9H2,1-4H3,(H,20,23). The van der Waals surface area contributed by atoms with Gasteiger partial charge in [-0.1, -0.05) is 0 Å². The summed E-state index contributed by atoms with van der Waals surface area (Å²) in [5.74, 6) is 0.320. The topological polar surface area (TPSA) is 93.1 Å². The van der Waals surface area contributed by atoms with E-state index in [0.29, 0.717) is 18.5 Å². The second-order valence-corrected chi connectivity index (χ2v) is 7.95. The van der Waals surface area contributed by atoms with Gasteiger partial charge in [-0.2, -0.15) is 0 Å². The number of amidine groups is 1. The molecule has 0 spiro atoms. The zero-order valence-electron chi connectivity index (χ0n) is 15.2. The van der Waals surface area contributed by atoms with E-state index in [0.717, 1.165) is 16.5 Å². The minimum absolute atomic E-state index is 0.192. The first kappa shape index (κ1) is 18.4. The Balaban J connectivity index is 1.82. The lowest BCUT2D eigenvalue weighted by atomic mass is 10.1. The van der Waals surface area contributed by atoms with Crippen molar-refractivity contribution in [2.45, 2.75) is 38.8 Å². The number of nitrogens with one attached hydrogen (secondary N) is 1. The van der Waals surface area contributed by atoms with Crippen molar-refractivity contribution in [3.63, 3.8) is 0 Å². The lowest BCUT2D eigenvalue weighted by Crippen LogP contribution is -2.41. The number of alkyl carbamates (subject to hydrolysis) is 1. The Morgan fingerprint density at radius 1 is 1.38 bits per heavy atom. The minimum atomic E-state index is -0.570. The van der Waals surface area contributed by atoms with E-state index in [1.807, 2.05) is 31.1 Å². The van der Waals surface area contributed by atoms with Gasteiger partial charge in [0.15, 0.2) is 10.8 Å². The molecular formula is C17H22N4O4S. The zero-order valence-corrected chi connectivity index (χ0v) is 16.1. The van der Waals surface area contributed by atoms with Crippen LogP contribution in [0.15, 0.2) is 27.8 Å². The second kappa shape index (κ2) is 7.06. The maximum Gasteiger partial charge on any atom is 0.407 e. The fraction of sp³-hybridized carbons (Fsp3) is 0.529. The molecule has 1 saturated heterocycles. The Morgan fingerprint density at radius 3 is 2.77 bits per heavy atom. The quantitative estimate of drug-likeness (QED) is 0.808. The third-order valence-corrected chi connectivity index (χ3v) is 4.70. The summed E-state index contributed by atoms with van der Waals surface area (Å²) in [5, 5.41) is 5.53. The van der Waals surface area contributed by atoms with Crippen LogP contribution in [-0.2, 0) is 14.3 Å². The number of nitrogens with zero attached hydrogens (tertiary/aromatic N) is 3. The van der Waals surface area contributed by atoms with Crippen molar-refractivity contribution < 1.29 is 19.1 Å². The largest absolute Gasteiger partial charge is 0.466 e. The van der Waals surface area contributed by atoms with Gasteiger partial charge in [-0.25, -0.2) is 14.6 Å². The Morgan fingerprint density at radius 2 is 2.15 bits per heavy atom. The molecule has 1 N–H and O–H groups in total. The van der Waals surface area contributed by atoms with Crippen molar-refractivity contribution in [1.29, 1.82) is 0 Å². The van der Waals surface area contributed by atoms with Crippen LogP contribution >= 0.6 is 11.3 Å². The number of aromatic nitrogens is 1. The van der Waals surface area contributed by atoms with E-state index >= 15 is 0 Å². The van der Waals surface area contributed by atoms with Crippen LogP contribution in [0.5, 0.6) is 0 Å². The number of hydrogen-bond donors (Lipinski definition) is 1. The lowest BCUT2D eigenvalue weighted by Gasteiger charge is -2.26. The van der Waals surface area contributed by atoms with Crippen LogP contribution in [0.2, 0.25) is 0 Å². The van der Waals surface area contributed by atoms with Crippen molar-refractivity contribution in [1.82, 2.24) is 15.2 Å². The molecule has 1 unspecified atom stereocenters. The molecule has 3 rings (SSSR count). The smallest absolute Gasteiger partial charge is 0.407 e. The summed E-state index contributed by atoms with van der Waals surface area (Å²) in [4.78, 5) is 35.0. The van der Waals surface area contributed by atoms with E-state index in [1.54, 1.807) is 6.20 Å². The molecule has 1 atom stereocenters. The highest BCUT2D eigenvalue weighted by atomic mass is 32.1. The van der Waals surface area contributed by atoms with Gasteiger partial charge in [-0.15, -0.1) is 11.3 Å². The molecule has 0 bridgehead atoms. The molecule has 9 heteroatoms. The summed E-state index contributed by atoms with van der Waals surface area (Å²) in [6, 6.07) is -0.192. The van der Waals surface area contributed by atoms with Crippen LogP contribution in [0.3, 0.4) is 0 Å². The van der Waals surface area contributed by atoms with Crippen molar-refractivity contribution in [3.05, 3.63) is 27.9 Å². The van der Waals surface area contributed by atoms with Gasteiger partial charge in [0, 0.05) is 30.2 Å². The summed E-state index contributed by atoms with van der Waals surface area (Å²) < 4.78 is 10.2. The second-order valence-electron chi connectivity index (χ2n) is 7.05. The van der Waals surface area contributed by atoms with E-state index < -0.39 is 17.7 Å². The number of esters is 1. The monoisotopic (exact) mass is 378 g/mol. The predicted octanol–water partition coefficient (Wildman–Crippen LogP) is 1.93. The molecule has 2 aliphatic rings. The number of thiazole rings is 1. The third-order valence-electron chi connectivity index (χ3n) is 3.94. The predicted molar refractivity (Wildman–Crippen MR) is 97.0 cm³/mol. The van der Waals surface area contributed by atoms with Crippen molar-refractivity contribution in [2.75, 3.05) is 20.2 Å². The number of hydrogen-bond acceptors (Lipinski definition) is 8. The molecule has 8 nitrogen and oxygen atoms in total. The van der Waals surface area contributed by atoms with Crippen molar-refractivity contribution in [3.8, 4) is 0 Å². The number of carbonyl (C=O) groups excluding carboxylic acids is 2. The molecule has 0 aromatic carbocycles. The van der Waals surface area contributed by atoms with Crippen LogP contribution in [0.25, 0.3) is 0 Å². The number of rotatable bonds is 3. The van der Waals surface area contributed by atoms with Gasteiger partial charge in [0.05, 0.1) is 25.3 Å². The molecule has 1 aromatic heterocycles. The maximum absolute atomic E-state index is 12.1. The first-order valence-electron chi connectivity index (χ1n) is 8.30. The summed E-state index contributed by atoms with van der Waals surface area (Å²) >= 11 is 1.48. The van der Waals surface area contributed by atoms with Crippen LogP contribution in [0.1, 0.15) is 32.2 Å². The van der Waals surface area contributed by atoms with E-state index in [4.69, 9.17) is 9.47 Å². The molecule has 1 aromatic rings. The number of carbonyl (C=O) groups is 2. The van der Waals surface area contributed by atoms with Crippen LogP contribution in [-0.4, -0.2) is 59.6 Å². The first-order chi connectivity index (χ1) is 12.3. The molecule has 2 aliphatic heterocycles. The molecular weight excluding hydrogens is 356 g/mol. The molecule has 0 saturated carbocycles. The molecule has 26 heavy (non-hydrogen) atoms. The lowest BCUT2D eigenvalue weighted by molar-refractivity contribution is -0.136. The van der Waals surface area contributed by atoms with Crippen molar-refractivity contribution >= 4 is 29.2 Å². The normalized spacial score (nSPS) is 19.8. The van der Waals surface area contributed by atoms with E-state index in [1.165, 1.54) is 18.4 Å². The highest BCUT2D eigenvalue weighted by molar-refractivity contribution is 7.11. The van der Waals surface area contributed by atoms with Crippen molar-refractivity contribution in [2.24, 2.45) is 4.99 Å². The van der Waals surface area contributed by atoms with E-state index in [-0.39, 0.29) is 12.6 Å². The molecule has 1 fully saturated rings. The average Bonchev–Trinajstić information content (AvgIpc) is 3.20. The Labute approximate surface area is 155 Å². The minimum Gasteiger partial charge on any atom is -0.466 e. The average molecular weight is 378 g/mol. The molecule has 0 aliphatic carbocycles. The summed E-state index contributed by atoms with van der Waals surface area (Å²) in [7, 11) is 1.35. The fourth-order valence-corrected chi connectivity index (χ4v) is 3.62. The number of ether oxygens (including phenoxy) is 2. The van der Waals surface area contributed by atoms with E-state index in [2.05, 4.69) is 15.3 Å². The van der Waals surface area contributed by atoms with Gasteiger partial charge < -0.3 is 19.7 Å². The van der Waals surface area contributed by atoms with Crippen LogP contribution in [0, 0.1) is 0 Å². The molecule has 1 amide bonds. The van der Waals surface area contributed by atoms with Crippen LogP contribution in [0.4, 0.5) is 4.79 Å². The van der Waals surface area contributed by atoms with E-state index in [9.17, 15) is 9.59 Å². The molecule has 0 radical (unpaired) electrons. The highest BCUT2D eigenvalue weighted by Gasteiger charge is 2.38. The van der Waals surface area contributed by atoms with Crippen LogP contribution < -0.4 is 5.32 Å². The summed E-state index contributed by atoms with van der Waals surface area (Å²) in [6.45, 7) is 6.18. The highest BCUT2D eigenvalue weighted by Crippen LogP contribution is 2.31. The van der Waals surface area contributed by atoms with Gasteiger partial charge in [0.1, 0.15) is 5.60 Å². The Kier molecular flexibility index (Phi) is 4.99. The molecule has 140 valence electrons. The van der Waals surface area contributed by atoms with Gasteiger partial charge in [0.2, 0.25) is 0 Å². The summed E-state index contributed by atoms with van der Waals surface area (Å²) in [5.41, 5.74) is 0.763. The SMILES string of the molecule is COC(=O)C1=C2CC(NC(=O)OC(C)(C)C)CN2C(c2nccs2)=NC1. The van der Waals surface area contributed by atoms with Gasteiger partial charge in [-0.05, 0) is 20.8 Å². The Bertz CT molecular complexity index is 764. The van der Waals surface area contributed by atoms with Gasteiger partial charge >= 0.3 is 12.1 Å². The first-order valence-corrected chi connectivity index (χ1v) is 9.18. The number of amides is 1. The fourth-order valence-electron chi connectivity index (χ4n) is 2.96. The third kappa shape index (κ3) is 3.87. The number of aliphatic imine (C=N–C) groups is 1. The van der Waals surface area contributed by atoms with Gasteiger partial charge in [-0.3, -0.25) is 4.99 Å². The number of methoxy groups -OCH3 is 1. The van der Waals surface area contributed by atoms with Gasteiger partial charge in [0.25, 0.3) is 0 Å². The maximum atomic E-state index is 12.1. The zero-order chi connectivity index (χ0) is 18.9. The summed E-state index contributed by atoms with van der Waals surface area (Å²) in [6.07, 6.45) is 1.75.